The SMILES string of the molecule is CC(SCCc1ccc([N+](=O)[O-])cc1)C(=O)O. The Labute approximate surface area is 103 Å². The summed E-state index contributed by atoms with van der Waals surface area (Å²) < 4.78 is 0. The molecular formula is C11H13NO4S. The molecule has 1 N–H and O–H groups in total. The van der Waals surface area contributed by atoms with Crippen LogP contribution in [0.25, 0.3) is 0 Å². The molecule has 0 heterocycles. The molecular weight excluding hydrogens is 242 g/mol. The van der Waals surface area contributed by atoms with Crippen LogP contribution in [0.4, 0.5) is 5.69 Å². The second kappa shape index (κ2) is 6.24. The third kappa shape index (κ3) is 4.44. The molecule has 1 unspecified atom stereocenters. The monoisotopic (exact) mass is 255 g/mol. The first kappa shape index (κ1) is 13.5. The first-order chi connectivity index (χ1) is 8.00. The Kier molecular flexibility index (Phi) is 4.96. The van der Waals surface area contributed by atoms with Crippen LogP contribution in [-0.2, 0) is 11.2 Å². The Bertz CT molecular complexity index is 404. The number of nitro benzene ring substituents is 1. The summed E-state index contributed by atoms with van der Waals surface area (Å²) in [5, 5.41) is 18.7. The van der Waals surface area contributed by atoms with Crippen molar-refractivity contribution in [1.82, 2.24) is 0 Å². The van der Waals surface area contributed by atoms with E-state index in [2.05, 4.69) is 0 Å². The molecule has 0 aliphatic carbocycles. The van der Waals surface area contributed by atoms with E-state index in [0.717, 1.165) is 5.56 Å². The second-order valence-corrected chi connectivity index (χ2v) is 4.97. The molecule has 0 aromatic heterocycles. The predicted molar refractivity (Wildman–Crippen MR) is 66.4 cm³/mol. The molecule has 0 radical (unpaired) electrons. The fourth-order valence-corrected chi connectivity index (χ4v) is 2.06. The average molecular weight is 255 g/mol. The highest BCUT2D eigenvalue weighted by molar-refractivity contribution is 8.00. The van der Waals surface area contributed by atoms with Gasteiger partial charge in [0, 0.05) is 12.1 Å². The van der Waals surface area contributed by atoms with Gasteiger partial charge in [0.15, 0.2) is 0 Å². The van der Waals surface area contributed by atoms with Gasteiger partial charge >= 0.3 is 5.97 Å². The van der Waals surface area contributed by atoms with E-state index in [4.69, 9.17) is 5.11 Å². The molecule has 0 saturated heterocycles. The van der Waals surface area contributed by atoms with Gasteiger partial charge in [-0.25, -0.2) is 0 Å². The summed E-state index contributed by atoms with van der Waals surface area (Å²) in [6.07, 6.45) is 0.709. The van der Waals surface area contributed by atoms with Crippen LogP contribution in [0, 0.1) is 10.1 Å². The number of nitrogens with zero attached hydrogens (tertiary/aromatic N) is 1. The zero-order valence-corrected chi connectivity index (χ0v) is 10.1. The number of thioether (sulfide) groups is 1. The summed E-state index contributed by atoms with van der Waals surface area (Å²) in [5.74, 6) is -0.135. The molecule has 0 fully saturated rings. The Morgan fingerprint density at radius 1 is 1.47 bits per heavy atom. The summed E-state index contributed by atoms with van der Waals surface area (Å²) in [5.41, 5.74) is 1.04. The van der Waals surface area contributed by atoms with Crippen LogP contribution in [0.3, 0.4) is 0 Å². The number of carbonyl (C=O) groups is 1. The molecule has 5 nitrogen and oxygen atoms in total. The summed E-state index contributed by atoms with van der Waals surface area (Å²) in [6.45, 7) is 1.64. The molecule has 1 aromatic carbocycles. The molecule has 0 spiro atoms. The van der Waals surface area contributed by atoms with E-state index in [1.165, 1.54) is 23.9 Å². The Hall–Kier alpha value is -1.56. The van der Waals surface area contributed by atoms with Gasteiger partial charge in [0.05, 0.1) is 10.2 Å². The quantitative estimate of drug-likeness (QED) is 0.623. The van der Waals surface area contributed by atoms with Gasteiger partial charge in [-0.2, -0.15) is 0 Å². The van der Waals surface area contributed by atoms with E-state index in [1.54, 1.807) is 19.1 Å². The zero-order chi connectivity index (χ0) is 12.8. The number of carboxylic acid groups (broad SMARTS) is 1. The largest absolute Gasteiger partial charge is 0.480 e. The zero-order valence-electron chi connectivity index (χ0n) is 9.33. The number of carboxylic acids is 1. The van der Waals surface area contributed by atoms with Gasteiger partial charge in [0.2, 0.25) is 0 Å². The van der Waals surface area contributed by atoms with E-state index in [9.17, 15) is 14.9 Å². The smallest absolute Gasteiger partial charge is 0.316 e. The highest BCUT2D eigenvalue weighted by atomic mass is 32.2. The summed E-state index contributed by atoms with van der Waals surface area (Å²) in [6, 6.07) is 6.31. The molecule has 6 heteroatoms. The van der Waals surface area contributed by atoms with Gasteiger partial charge in [-0.15, -0.1) is 11.8 Å². The lowest BCUT2D eigenvalue weighted by Gasteiger charge is -2.05. The normalized spacial score (nSPS) is 12.1. The molecule has 17 heavy (non-hydrogen) atoms. The number of aryl methyl sites for hydroxylation is 1. The number of rotatable bonds is 6. The van der Waals surface area contributed by atoms with Crippen molar-refractivity contribution >= 4 is 23.4 Å². The number of benzene rings is 1. The Morgan fingerprint density at radius 3 is 2.53 bits per heavy atom. The highest BCUT2D eigenvalue weighted by Crippen LogP contribution is 2.16. The average Bonchev–Trinajstić information content (AvgIpc) is 2.29. The topological polar surface area (TPSA) is 80.4 Å². The maximum atomic E-state index is 10.6. The van der Waals surface area contributed by atoms with Gasteiger partial charge in [0.25, 0.3) is 5.69 Å². The maximum Gasteiger partial charge on any atom is 0.316 e. The first-order valence-corrected chi connectivity index (χ1v) is 6.13. The van der Waals surface area contributed by atoms with Crippen LogP contribution >= 0.6 is 11.8 Å². The maximum absolute atomic E-state index is 10.6. The van der Waals surface area contributed by atoms with Crippen LogP contribution in [0.15, 0.2) is 24.3 Å². The van der Waals surface area contributed by atoms with E-state index in [1.807, 2.05) is 0 Å². The van der Waals surface area contributed by atoms with Crippen molar-refractivity contribution in [2.45, 2.75) is 18.6 Å². The third-order valence-corrected chi connectivity index (χ3v) is 3.39. The van der Waals surface area contributed by atoms with E-state index >= 15 is 0 Å². The molecule has 0 aliphatic rings. The molecule has 92 valence electrons. The molecule has 0 amide bonds. The lowest BCUT2D eigenvalue weighted by atomic mass is 10.1. The molecule has 0 aliphatic heterocycles. The summed E-state index contributed by atoms with van der Waals surface area (Å²) in [7, 11) is 0. The predicted octanol–water partition coefficient (Wildman–Crippen LogP) is 2.34. The highest BCUT2D eigenvalue weighted by Gasteiger charge is 2.10. The van der Waals surface area contributed by atoms with Crippen LogP contribution in [-0.4, -0.2) is 27.0 Å². The van der Waals surface area contributed by atoms with Crippen LogP contribution in [0.5, 0.6) is 0 Å². The first-order valence-electron chi connectivity index (χ1n) is 5.08. The number of non-ortho nitro benzene ring substituents is 1. The van der Waals surface area contributed by atoms with Crippen LogP contribution in [0.1, 0.15) is 12.5 Å². The van der Waals surface area contributed by atoms with Crippen molar-refractivity contribution in [3.8, 4) is 0 Å². The van der Waals surface area contributed by atoms with Crippen molar-refractivity contribution in [2.24, 2.45) is 0 Å². The molecule has 1 rings (SSSR count). The lowest BCUT2D eigenvalue weighted by molar-refractivity contribution is -0.384. The van der Waals surface area contributed by atoms with E-state index in [-0.39, 0.29) is 5.69 Å². The van der Waals surface area contributed by atoms with Crippen molar-refractivity contribution in [1.29, 1.82) is 0 Å². The standard InChI is InChI=1S/C11H13NO4S/c1-8(11(13)14)17-7-6-9-2-4-10(5-3-9)12(15)16/h2-5,8H,6-7H2,1H3,(H,13,14). The minimum atomic E-state index is -0.821. The Morgan fingerprint density at radius 2 is 2.06 bits per heavy atom. The third-order valence-electron chi connectivity index (χ3n) is 2.25. The van der Waals surface area contributed by atoms with Gasteiger partial charge in [0.1, 0.15) is 0 Å². The van der Waals surface area contributed by atoms with Gasteiger partial charge in [-0.3, -0.25) is 14.9 Å². The molecule has 1 atom stereocenters. The number of hydrogen-bond acceptors (Lipinski definition) is 4. The van der Waals surface area contributed by atoms with Crippen LogP contribution < -0.4 is 0 Å². The fraction of sp³-hybridized carbons (Fsp3) is 0.364. The molecule has 0 bridgehead atoms. The van der Waals surface area contributed by atoms with E-state index in [0.29, 0.717) is 12.2 Å². The molecule has 0 saturated carbocycles. The van der Waals surface area contributed by atoms with Crippen molar-refractivity contribution < 1.29 is 14.8 Å². The van der Waals surface area contributed by atoms with Gasteiger partial charge in [-0.05, 0) is 24.7 Å². The minimum absolute atomic E-state index is 0.0697. The summed E-state index contributed by atoms with van der Waals surface area (Å²) >= 11 is 1.36. The summed E-state index contributed by atoms with van der Waals surface area (Å²) in [4.78, 5) is 20.6. The van der Waals surface area contributed by atoms with Crippen molar-refractivity contribution in [3.05, 3.63) is 39.9 Å². The van der Waals surface area contributed by atoms with E-state index < -0.39 is 16.1 Å². The van der Waals surface area contributed by atoms with Crippen molar-refractivity contribution in [2.75, 3.05) is 5.75 Å². The van der Waals surface area contributed by atoms with Crippen LogP contribution in [0.2, 0.25) is 0 Å². The number of hydrogen-bond donors (Lipinski definition) is 1. The van der Waals surface area contributed by atoms with Crippen molar-refractivity contribution in [3.63, 3.8) is 0 Å². The second-order valence-electron chi connectivity index (χ2n) is 3.52. The number of aliphatic carboxylic acids is 1. The Balaban J connectivity index is 2.42. The van der Waals surface area contributed by atoms with Gasteiger partial charge < -0.3 is 5.11 Å². The lowest BCUT2D eigenvalue weighted by Crippen LogP contribution is -2.12. The fourth-order valence-electron chi connectivity index (χ4n) is 1.21. The number of nitro groups is 1. The molecule has 1 aromatic rings. The van der Waals surface area contributed by atoms with Gasteiger partial charge in [-0.1, -0.05) is 12.1 Å². The minimum Gasteiger partial charge on any atom is -0.480 e.